The van der Waals surface area contributed by atoms with Crippen molar-refractivity contribution in [1.82, 2.24) is 5.32 Å². The molecule has 30 heavy (non-hydrogen) atoms. The number of benzene rings is 3. The molecule has 0 aliphatic rings. The highest BCUT2D eigenvalue weighted by atomic mass is 79.9. The van der Waals surface area contributed by atoms with Gasteiger partial charge >= 0.3 is 5.97 Å². The van der Waals surface area contributed by atoms with Crippen LogP contribution in [0.3, 0.4) is 0 Å². The van der Waals surface area contributed by atoms with Crippen LogP contribution < -0.4 is 14.8 Å². The van der Waals surface area contributed by atoms with Crippen LogP contribution >= 0.6 is 15.9 Å². The molecule has 0 heterocycles. The number of aromatic carboxylic acids is 1. The number of ether oxygens (including phenoxy) is 2. The lowest BCUT2D eigenvalue weighted by Crippen LogP contribution is -2.13. The first-order valence-electron chi connectivity index (χ1n) is 9.54. The van der Waals surface area contributed by atoms with E-state index >= 15 is 0 Å². The Morgan fingerprint density at radius 2 is 1.73 bits per heavy atom. The summed E-state index contributed by atoms with van der Waals surface area (Å²) in [5.41, 5.74) is 4.66. The van der Waals surface area contributed by atoms with E-state index in [0.29, 0.717) is 31.2 Å². The topological polar surface area (TPSA) is 67.8 Å². The molecular formula is C24H24BrNO4. The molecule has 0 aliphatic carbocycles. The van der Waals surface area contributed by atoms with E-state index in [-0.39, 0.29) is 5.56 Å². The van der Waals surface area contributed by atoms with Crippen molar-refractivity contribution >= 4 is 21.9 Å². The summed E-state index contributed by atoms with van der Waals surface area (Å²) < 4.78 is 12.5. The highest BCUT2D eigenvalue weighted by Gasteiger charge is 2.11. The van der Waals surface area contributed by atoms with Crippen LogP contribution in [0, 0.1) is 6.92 Å². The molecular weight excluding hydrogens is 446 g/mol. The van der Waals surface area contributed by atoms with Gasteiger partial charge in [-0.15, -0.1) is 0 Å². The van der Waals surface area contributed by atoms with Gasteiger partial charge in [-0.05, 0) is 53.4 Å². The van der Waals surface area contributed by atoms with Crippen LogP contribution in [0.4, 0.5) is 0 Å². The van der Waals surface area contributed by atoms with Crippen LogP contribution in [-0.4, -0.2) is 18.2 Å². The molecule has 0 aliphatic heterocycles. The third-order valence-corrected chi connectivity index (χ3v) is 5.56. The smallest absolute Gasteiger partial charge is 0.335 e. The number of carbonyl (C=O) groups is 1. The molecule has 0 atom stereocenters. The Morgan fingerprint density at radius 3 is 2.40 bits per heavy atom. The minimum Gasteiger partial charge on any atom is -0.493 e. The third kappa shape index (κ3) is 5.62. The van der Waals surface area contributed by atoms with Gasteiger partial charge in [-0.1, -0.05) is 52.3 Å². The van der Waals surface area contributed by atoms with Crippen molar-refractivity contribution in [1.29, 1.82) is 0 Å². The minimum absolute atomic E-state index is 0.285. The van der Waals surface area contributed by atoms with E-state index in [9.17, 15) is 4.79 Å². The van der Waals surface area contributed by atoms with Gasteiger partial charge in [0.2, 0.25) is 0 Å². The summed E-state index contributed by atoms with van der Waals surface area (Å²) in [5, 5.41) is 12.3. The van der Waals surface area contributed by atoms with E-state index in [1.54, 1.807) is 19.2 Å². The van der Waals surface area contributed by atoms with Crippen molar-refractivity contribution in [3.05, 3.63) is 93.0 Å². The van der Waals surface area contributed by atoms with Crippen molar-refractivity contribution in [2.24, 2.45) is 0 Å². The SMILES string of the molecule is COc1cc(CNCc2ccc(C(=O)O)cc2)c(Br)cc1OCc1ccccc1C. The molecule has 0 bridgehead atoms. The zero-order valence-electron chi connectivity index (χ0n) is 16.9. The van der Waals surface area contributed by atoms with Crippen LogP contribution in [0.15, 0.2) is 65.1 Å². The van der Waals surface area contributed by atoms with E-state index in [4.69, 9.17) is 14.6 Å². The van der Waals surface area contributed by atoms with Gasteiger partial charge in [0.05, 0.1) is 12.7 Å². The second kappa shape index (κ2) is 10.3. The Kier molecular flexibility index (Phi) is 7.49. The molecule has 0 spiro atoms. The van der Waals surface area contributed by atoms with Gasteiger partial charge in [-0.2, -0.15) is 0 Å². The summed E-state index contributed by atoms with van der Waals surface area (Å²) in [7, 11) is 1.63. The molecule has 2 N–H and O–H groups in total. The molecule has 3 rings (SSSR count). The van der Waals surface area contributed by atoms with Crippen LogP contribution in [0.1, 0.15) is 32.6 Å². The van der Waals surface area contributed by atoms with Crippen molar-refractivity contribution in [2.45, 2.75) is 26.6 Å². The number of aryl methyl sites for hydroxylation is 1. The second-order valence-corrected chi connectivity index (χ2v) is 7.77. The minimum atomic E-state index is -0.921. The van der Waals surface area contributed by atoms with Crippen LogP contribution in [0.5, 0.6) is 11.5 Å². The van der Waals surface area contributed by atoms with Crippen LogP contribution in [-0.2, 0) is 19.7 Å². The van der Waals surface area contributed by atoms with Gasteiger partial charge in [-0.25, -0.2) is 4.79 Å². The average molecular weight is 470 g/mol. The van der Waals surface area contributed by atoms with Gasteiger partial charge < -0.3 is 19.9 Å². The number of halogens is 1. The molecule has 3 aromatic carbocycles. The molecule has 156 valence electrons. The summed E-state index contributed by atoms with van der Waals surface area (Å²) >= 11 is 3.62. The number of hydrogen-bond donors (Lipinski definition) is 2. The number of rotatable bonds is 9. The maximum atomic E-state index is 10.9. The highest BCUT2D eigenvalue weighted by molar-refractivity contribution is 9.10. The predicted octanol–water partition coefficient (Wildman–Crippen LogP) is 5.33. The molecule has 0 saturated heterocycles. The molecule has 6 heteroatoms. The van der Waals surface area contributed by atoms with E-state index in [1.807, 2.05) is 36.4 Å². The lowest BCUT2D eigenvalue weighted by molar-refractivity contribution is 0.0697. The summed E-state index contributed by atoms with van der Waals surface area (Å²) in [6.45, 7) is 3.78. The molecule has 0 saturated carbocycles. The molecule has 3 aromatic rings. The lowest BCUT2D eigenvalue weighted by atomic mass is 10.1. The van der Waals surface area contributed by atoms with Gasteiger partial charge in [0.25, 0.3) is 0 Å². The molecule has 0 fully saturated rings. The van der Waals surface area contributed by atoms with E-state index in [2.05, 4.69) is 40.3 Å². The van der Waals surface area contributed by atoms with Crippen molar-refractivity contribution in [3.8, 4) is 11.5 Å². The summed E-state index contributed by atoms with van der Waals surface area (Å²) in [6.07, 6.45) is 0. The summed E-state index contributed by atoms with van der Waals surface area (Å²) in [6, 6.07) is 18.9. The quantitative estimate of drug-likeness (QED) is 0.443. The molecule has 5 nitrogen and oxygen atoms in total. The normalized spacial score (nSPS) is 10.6. The number of hydrogen-bond acceptors (Lipinski definition) is 4. The first-order valence-corrected chi connectivity index (χ1v) is 10.3. The fraction of sp³-hybridized carbons (Fsp3) is 0.208. The van der Waals surface area contributed by atoms with E-state index in [1.165, 1.54) is 5.56 Å². The molecule has 0 radical (unpaired) electrons. The van der Waals surface area contributed by atoms with Gasteiger partial charge in [-0.3, -0.25) is 0 Å². The monoisotopic (exact) mass is 469 g/mol. The lowest BCUT2D eigenvalue weighted by Gasteiger charge is -2.15. The highest BCUT2D eigenvalue weighted by Crippen LogP contribution is 2.34. The summed E-state index contributed by atoms with van der Waals surface area (Å²) in [5.74, 6) is 0.435. The van der Waals surface area contributed by atoms with Gasteiger partial charge in [0.1, 0.15) is 6.61 Å². The number of carboxylic acid groups (broad SMARTS) is 1. The second-order valence-electron chi connectivity index (χ2n) is 6.92. The zero-order valence-corrected chi connectivity index (χ0v) is 18.5. The Hall–Kier alpha value is -2.83. The van der Waals surface area contributed by atoms with Crippen molar-refractivity contribution < 1.29 is 19.4 Å². The Balaban J connectivity index is 1.63. The standard InChI is InChI=1S/C24H24BrNO4/c1-16-5-3-4-6-19(16)15-30-23-12-21(25)20(11-22(23)29-2)14-26-13-17-7-9-18(10-8-17)24(27)28/h3-12,26H,13-15H2,1-2H3,(H,27,28). The Morgan fingerprint density at radius 1 is 1.00 bits per heavy atom. The van der Waals surface area contributed by atoms with Crippen LogP contribution in [0.25, 0.3) is 0 Å². The maximum absolute atomic E-state index is 10.9. The first kappa shape index (κ1) is 21.9. The molecule has 0 aromatic heterocycles. The van der Waals surface area contributed by atoms with Crippen LogP contribution in [0.2, 0.25) is 0 Å². The Bertz CT molecular complexity index is 1020. The first-order chi connectivity index (χ1) is 14.5. The van der Waals surface area contributed by atoms with Crippen molar-refractivity contribution in [3.63, 3.8) is 0 Å². The largest absolute Gasteiger partial charge is 0.493 e. The fourth-order valence-electron chi connectivity index (χ4n) is 3.02. The van der Waals surface area contributed by atoms with E-state index < -0.39 is 5.97 Å². The summed E-state index contributed by atoms with van der Waals surface area (Å²) in [4.78, 5) is 10.9. The number of nitrogens with one attached hydrogen (secondary N) is 1. The maximum Gasteiger partial charge on any atom is 0.335 e. The number of carboxylic acids is 1. The van der Waals surface area contributed by atoms with Gasteiger partial charge in [0, 0.05) is 17.6 Å². The molecule has 0 unspecified atom stereocenters. The third-order valence-electron chi connectivity index (χ3n) is 4.82. The average Bonchev–Trinajstić information content (AvgIpc) is 2.74. The van der Waals surface area contributed by atoms with Gasteiger partial charge in [0.15, 0.2) is 11.5 Å². The van der Waals surface area contributed by atoms with Crippen molar-refractivity contribution in [2.75, 3.05) is 7.11 Å². The predicted molar refractivity (Wildman–Crippen MR) is 120 cm³/mol. The van der Waals surface area contributed by atoms with E-state index in [0.717, 1.165) is 21.2 Å². The Labute approximate surface area is 184 Å². The number of methoxy groups -OCH3 is 1. The molecule has 0 amide bonds. The fourth-order valence-corrected chi connectivity index (χ4v) is 3.48. The zero-order chi connectivity index (χ0) is 21.5.